The van der Waals surface area contributed by atoms with Gasteiger partial charge in [0.25, 0.3) is 0 Å². The lowest BCUT2D eigenvalue weighted by Gasteiger charge is -2.22. The first kappa shape index (κ1) is 12.9. The number of ether oxygens (including phenoxy) is 2. The molecule has 1 aliphatic rings. The van der Waals surface area contributed by atoms with Crippen LogP contribution in [0.5, 0.6) is 0 Å². The minimum atomic E-state index is -0.135. The predicted octanol–water partition coefficient (Wildman–Crippen LogP) is 1.92. The summed E-state index contributed by atoms with van der Waals surface area (Å²) in [7, 11) is 0. The summed E-state index contributed by atoms with van der Waals surface area (Å²) in [6.07, 6.45) is 2.73. The zero-order valence-corrected chi connectivity index (χ0v) is 10.4. The van der Waals surface area contributed by atoms with Crippen LogP contribution in [-0.4, -0.2) is 25.3 Å². The summed E-state index contributed by atoms with van der Waals surface area (Å²) in [6.45, 7) is 1.38. The molecule has 4 nitrogen and oxygen atoms in total. The van der Waals surface area contributed by atoms with E-state index in [4.69, 9.17) is 15.2 Å². The molecule has 2 N–H and O–H groups in total. The Hall–Kier alpha value is -1.55. The van der Waals surface area contributed by atoms with Gasteiger partial charge in [-0.15, -0.1) is 0 Å². The van der Waals surface area contributed by atoms with Gasteiger partial charge in [0, 0.05) is 24.9 Å². The number of esters is 1. The number of nitrogens with two attached hydrogens (primary N) is 1. The van der Waals surface area contributed by atoms with Crippen LogP contribution < -0.4 is 5.73 Å². The van der Waals surface area contributed by atoms with Gasteiger partial charge in [-0.2, -0.15) is 0 Å². The van der Waals surface area contributed by atoms with Crippen LogP contribution in [0.2, 0.25) is 0 Å². The van der Waals surface area contributed by atoms with E-state index in [1.54, 1.807) is 0 Å². The Balaban J connectivity index is 1.74. The third kappa shape index (κ3) is 4.04. The molecule has 1 heterocycles. The van der Waals surface area contributed by atoms with Gasteiger partial charge in [-0.25, -0.2) is 0 Å². The molecule has 0 spiro atoms. The van der Waals surface area contributed by atoms with Gasteiger partial charge in [0.2, 0.25) is 0 Å². The van der Waals surface area contributed by atoms with Crippen LogP contribution in [0.15, 0.2) is 24.3 Å². The van der Waals surface area contributed by atoms with E-state index in [1.807, 2.05) is 24.3 Å². The highest BCUT2D eigenvalue weighted by atomic mass is 16.5. The van der Waals surface area contributed by atoms with E-state index >= 15 is 0 Å². The molecule has 1 aromatic rings. The van der Waals surface area contributed by atoms with Gasteiger partial charge in [0.1, 0.15) is 6.10 Å². The summed E-state index contributed by atoms with van der Waals surface area (Å²) in [5, 5.41) is 0. The number of aryl methyl sites for hydroxylation is 1. The third-order valence-electron chi connectivity index (χ3n) is 3.04. The van der Waals surface area contributed by atoms with Crippen molar-refractivity contribution in [2.45, 2.75) is 31.8 Å². The van der Waals surface area contributed by atoms with Crippen LogP contribution in [0.25, 0.3) is 0 Å². The molecule has 0 unspecified atom stereocenters. The van der Waals surface area contributed by atoms with E-state index in [0.717, 1.165) is 24.1 Å². The molecule has 1 aliphatic heterocycles. The van der Waals surface area contributed by atoms with E-state index in [9.17, 15) is 4.79 Å². The van der Waals surface area contributed by atoms with E-state index in [2.05, 4.69) is 0 Å². The maximum absolute atomic E-state index is 11.7. The van der Waals surface area contributed by atoms with Crippen molar-refractivity contribution in [1.29, 1.82) is 0 Å². The monoisotopic (exact) mass is 249 g/mol. The Morgan fingerprint density at radius 2 is 2.17 bits per heavy atom. The summed E-state index contributed by atoms with van der Waals surface area (Å²) >= 11 is 0. The summed E-state index contributed by atoms with van der Waals surface area (Å²) in [5.74, 6) is -0.135. The van der Waals surface area contributed by atoms with Crippen molar-refractivity contribution >= 4 is 11.7 Å². The van der Waals surface area contributed by atoms with Gasteiger partial charge in [-0.1, -0.05) is 12.1 Å². The number of nitrogen functional groups attached to an aromatic ring is 1. The lowest BCUT2D eigenvalue weighted by atomic mass is 10.1. The molecule has 1 fully saturated rings. The van der Waals surface area contributed by atoms with Crippen molar-refractivity contribution in [3.05, 3.63) is 29.8 Å². The van der Waals surface area contributed by atoms with Gasteiger partial charge in [0.15, 0.2) is 0 Å². The average Bonchev–Trinajstić information content (AvgIpc) is 2.38. The van der Waals surface area contributed by atoms with Gasteiger partial charge in [0.05, 0.1) is 13.2 Å². The standard InChI is InChI=1S/C14H19NO3/c15-12-3-1-2-11(10-12)4-5-14(16)18-13-6-8-17-9-7-13/h1-3,10,13H,4-9,15H2. The largest absolute Gasteiger partial charge is 0.462 e. The Morgan fingerprint density at radius 3 is 2.89 bits per heavy atom. The number of carbonyl (C=O) groups is 1. The SMILES string of the molecule is Nc1cccc(CCC(=O)OC2CCOCC2)c1. The van der Waals surface area contributed by atoms with Crippen molar-refractivity contribution in [3.63, 3.8) is 0 Å². The quantitative estimate of drug-likeness (QED) is 0.654. The number of rotatable bonds is 4. The molecule has 0 aliphatic carbocycles. The summed E-state index contributed by atoms with van der Waals surface area (Å²) in [5.41, 5.74) is 7.48. The highest BCUT2D eigenvalue weighted by Crippen LogP contribution is 2.13. The normalized spacial score (nSPS) is 16.4. The number of hydrogen-bond acceptors (Lipinski definition) is 4. The molecule has 0 bridgehead atoms. The maximum atomic E-state index is 11.7. The Kier molecular flexibility index (Phi) is 4.59. The average molecular weight is 249 g/mol. The molecule has 0 saturated carbocycles. The Morgan fingerprint density at radius 1 is 1.39 bits per heavy atom. The lowest BCUT2D eigenvalue weighted by Crippen LogP contribution is -2.26. The van der Waals surface area contributed by atoms with Gasteiger partial charge in [-0.05, 0) is 24.1 Å². The van der Waals surface area contributed by atoms with Crippen LogP contribution in [-0.2, 0) is 20.7 Å². The van der Waals surface area contributed by atoms with E-state index in [-0.39, 0.29) is 12.1 Å². The Labute approximate surface area is 107 Å². The van der Waals surface area contributed by atoms with Crippen LogP contribution in [0.1, 0.15) is 24.8 Å². The second-order valence-electron chi connectivity index (χ2n) is 4.55. The molecular weight excluding hydrogens is 230 g/mol. The van der Waals surface area contributed by atoms with Crippen molar-refractivity contribution in [2.24, 2.45) is 0 Å². The molecule has 98 valence electrons. The predicted molar refractivity (Wildman–Crippen MR) is 69.1 cm³/mol. The van der Waals surface area contributed by atoms with E-state index < -0.39 is 0 Å². The first-order valence-corrected chi connectivity index (χ1v) is 6.35. The van der Waals surface area contributed by atoms with Gasteiger partial charge < -0.3 is 15.2 Å². The van der Waals surface area contributed by atoms with Crippen molar-refractivity contribution in [2.75, 3.05) is 18.9 Å². The van der Waals surface area contributed by atoms with Gasteiger partial charge in [-0.3, -0.25) is 4.79 Å². The second kappa shape index (κ2) is 6.40. The molecule has 1 aromatic carbocycles. The van der Waals surface area contributed by atoms with Crippen LogP contribution in [0.4, 0.5) is 5.69 Å². The van der Waals surface area contributed by atoms with Gasteiger partial charge >= 0.3 is 5.97 Å². The van der Waals surface area contributed by atoms with Crippen molar-refractivity contribution in [3.8, 4) is 0 Å². The van der Waals surface area contributed by atoms with E-state index in [1.165, 1.54) is 0 Å². The zero-order valence-electron chi connectivity index (χ0n) is 10.4. The smallest absolute Gasteiger partial charge is 0.306 e. The number of hydrogen-bond donors (Lipinski definition) is 1. The molecule has 18 heavy (non-hydrogen) atoms. The number of benzene rings is 1. The van der Waals surface area contributed by atoms with Crippen molar-refractivity contribution in [1.82, 2.24) is 0 Å². The number of carbonyl (C=O) groups excluding carboxylic acids is 1. The van der Waals surface area contributed by atoms with Crippen LogP contribution in [0, 0.1) is 0 Å². The summed E-state index contributed by atoms with van der Waals surface area (Å²) in [4.78, 5) is 11.7. The minimum Gasteiger partial charge on any atom is -0.462 e. The minimum absolute atomic E-state index is 0.0343. The summed E-state index contributed by atoms with van der Waals surface area (Å²) < 4.78 is 10.6. The fourth-order valence-corrected chi connectivity index (χ4v) is 2.03. The first-order valence-electron chi connectivity index (χ1n) is 6.35. The molecule has 0 aromatic heterocycles. The van der Waals surface area contributed by atoms with E-state index in [0.29, 0.717) is 26.1 Å². The highest BCUT2D eigenvalue weighted by Gasteiger charge is 2.17. The molecule has 0 atom stereocenters. The molecule has 0 amide bonds. The molecule has 2 rings (SSSR count). The van der Waals surface area contributed by atoms with Crippen LogP contribution in [0.3, 0.4) is 0 Å². The third-order valence-corrected chi connectivity index (χ3v) is 3.04. The number of anilines is 1. The van der Waals surface area contributed by atoms with Crippen LogP contribution >= 0.6 is 0 Å². The summed E-state index contributed by atoms with van der Waals surface area (Å²) in [6, 6.07) is 7.60. The first-order chi connectivity index (χ1) is 8.74. The molecule has 1 saturated heterocycles. The fraction of sp³-hybridized carbons (Fsp3) is 0.500. The zero-order chi connectivity index (χ0) is 12.8. The molecular formula is C14H19NO3. The molecule has 4 heteroatoms. The van der Waals surface area contributed by atoms with Crippen molar-refractivity contribution < 1.29 is 14.3 Å². The highest BCUT2D eigenvalue weighted by molar-refractivity contribution is 5.70. The molecule has 0 radical (unpaired) electrons. The maximum Gasteiger partial charge on any atom is 0.306 e. The lowest BCUT2D eigenvalue weighted by molar-refractivity contribution is -0.153. The fourth-order valence-electron chi connectivity index (χ4n) is 2.03. The second-order valence-corrected chi connectivity index (χ2v) is 4.55. The topological polar surface area (TPSA) is 61.6 Å². The Bertz CT molecular complexity index is 400.